The number of carboxylic acid groups (broad SMARTS) is 1. The quantitative estimate of drug-likeness (QED) is 0.376. The highest BCUT2D eigenvalue weighted by molar-refractivity contribution is 5.96. The summed E-state index contributed by atoms with van der Waals surface area (Å²) in [6.07, 6.45) is 6.85. The first-order valence-electron chi connectivity index (χ1n) is 13.9. The molecule has 0 radical (unpaired) electrons. The summed E-state index contributed by atoms with van der Waals surface area (Å²) in [6.45, 7) is 3.53. The molecule has 0 aromatic rings. The van der Waals surface area contributed by atoms with Gasteiger partial charge in [-0.25, -0.2) is 4.79 Å². The van der Waals surface area contributed by atoms with E-state index in [1.165, 1.54) is 10.5 Å². The number of aliphatic hydroxyl groups is 3. The second kappa shape index (κ2) is 9.71. The van der Waals surface area contributed by atoms with Gasteiger partial charge in [0.15, 0.2) is 12.4 Å². The Morgan fingerprint density at radius 1 is 1.16 bits per heavy atom. The molecule has 10 heteroatoms. The Hall–Kier alpha value is -2.30. The number of likely N-dealkylation sites (tertiary alicyclic amines) is 1. The number of rotatable bonds is 6. The largest absolute Gasteiger partial charge is 0.480 e. The fourth-order valence-corrected chi connectivity index (χ4v) is 8.94. The molecule has 3 saturated carbocycles. The van der Waals surface area contributed by atoms with Crippen LogP contribution in [-0.2, 0) is 19.2 Å². The number of fused-ring (bicyclic) bond motifs is 5. The Bertz CT molecular complexity index is 1070. The van der Waals surface area contributed by atoms with Crippen LogP contribution in [0.1, 0.15) is 71.6 Å². The van der Waals surface area contributed by atoms with E-state index in [-0.39, 0.29) is 35.7 Å². The van der Waals surface area contributed by atoms with E-state index in [0.29, 0.717) is 45.1 Å². The molecule has 0 bridgehead atoms. The molecule has 1 heterocycles. The maximum atomic E-state index is 12.6. The summed E-state index contributed by atoms with van der Waals surface area (Å²) < 4.78 is 0. The van der Waals surface area contributed by atoms with Gasteiger partial charge in [-0.1, -0.05) is 24.6 Å². The van der Waals surface area contributed by atoms with Crippen LogP contribution in [0.5, 0.6) is 0 Å². The van der Waals surface area contributed by atoms with Crippen LogP contribution in [0.4, 0.5) is 0 Å². The normalized spacial score (nSPS) is 43.2. The van der Waals surface area contributed by atoms with E-state index < -0.39 is 41.5 Å². The maximum absolute atomic E-state index is 12.6. The van der Waals surface area contributed by atoms with Crippen LogP contribution >= 0.6 is 0 Å². The maximum Gasteiger partial charge on any atom is 0.326 e. The third-order valence-corrected chi connectivity index (χ3v) is 10.9. The van der Waals surface area contributed by atoms with Gasteiger partial charge in [-0.3, -0.25) is 9.59 Å². The molecule has 0 aromatic heterocycles. The average Bonchev–Trinajstić information content (AvgIpc) is 3.47. The molecule has 38 heavy (non-hydrogen) atoms. The zero-order chi connectivity index (χ0) is 27.5. The van der Waals surface area contributed by atoms with Crippen LogP contribution < -0.4 is 0 Å². The molecule has 4 fully saturated rings. The number of hydrogen-bond acceptors (Lipinski definition) is 8. The fraction of sp³-hybridized carbons (Fsp3) is 0.786. The number of carbonyl (C=O) groups is 3. The number of aliphatic carboxylic acids is 1. The van der Waals surface area contributed by atoms with Gasteiger partial charge in [0.05, 0.1) is 11.8 Å². The molecule has 210 valence electrons. The summed E-state index contributed by atoms with van der Waals surface area (Å²) in [6, 6.07) is -0.798. The zero-order valence-corrected chi connectivity index (χ0v) is 22.3. The van der Waals surface area contributed by atoms with Crippen LogP contribution in [0.3, 0.4) is 0 Å². The van der Waals surface area contributed by atoms with E-state index in [9.17, 15) is 34.8 Å². The minimum atomic E-state index is -1.60. The first kappa shape index (κ1) is 27.3. The highest BCUT2D eigenvalue weighted by Crippen LogP contribution is 2.67. The number of allylic oxidation sites excluding steroid dienone is 2. The molecule has 0 spiro atoms. The fourth-order valence-electron chi connectivity index (χ4n) is 8.94. The number of nitrogens with zero attached hydrogens (tertiary/aromatic N) is 2. The summed E-state index contributed by atoms with van der Waals surface area (Å²) >= 11 is 0. The van der Waals surface area contributed by atoms with E-state index in [0.717, 1.165) is 25.0 Å². The molecule has 4 aliphatic carbocycles. The monoisotopic (exact) mass is 532 g/mol. The molecule has 5 aliphatic rings. The van der Waals surface area contributed by atoms with E-state index in [1.807, 2.05) is 13.0 Å². The minimum Gasteiger partial charge on any atom is -0.480 e. The lowest BCUT2D eigenvalue weighted by atomic mass is 9.45. The number of aliphatic hydroxyl groups excluding tert-OH is 2. The van der Waals surface area contributed by atoms with Crippen LogP contribution in [0, 0.1) is 28.6 Å². The van der Waals surface area contributed by atoms with Crippen molar-refractivity contribution < 1.29 is 39.6 Å². The Labute approximate surface area is 222 Å². The summed E-state index contributed by atoms with van der Waals surface area (Å²) in [7, 11) is 0. The average molecular weight is 533 g/mol. The van der Waals surface area contributed by atoms with Gasteiger partial charge < -0.3 is 30.2 Å². The number of Topliss-reactive ketones (excluding diaryl/α,β-unsaturated/α-hetero) is 1. The summed E-state index contributed by atoms with van der Waals surface area (Å²) in [5.74, 6) is -1.66. The first-order valence-corrected chi connectivity index (χ1v) is 13.9. The van der Waals surface area contributed by atoms with Crippen molar-refractivity contribution in [2.24, 2.45) is 33.7 Å². The van der Waals surface area contributed by atoms with E-state index in [2.05, 4.69) is 12.1 Å². The van der Waals surface area contributed by atoms with Crippen molar-refractivity contribution in [2.45, 2.75) is 89.4 Å². The van der Waals surface area contributed by atoms with Gasteiger partial charge in [0.2, 0.25) is 0 Å². The minimum absolute atomic E-state index is 0.000631. The van der Waals surface area contributed by atoms with Gasteiger partial charge in [0.1, 0.15) is 18.2 Å². The lowest BCUT2D eigenvalue weighted by Gasteiger charge is -2.60. The smallest absolute Gasteiger partial charge is 0.326 e. The van der Waals surface area contributed by atoms with E-state index >= 15 is 0 Å². The molecule has 1 aliphatic heterocycles. The predicted molar refractivity (Wildman–Crippen MR) is 136 cm³/mol. The molecule has 5 rings (SSSR count). The lowest BCUT2D eigenvalue weighted by Crippen LogP contribution is -2.62. The van der Waals surface area contributed by atoms with Gasteiger partial charge in [-0.05, 0) is 87.0 Å². The van der Waals surface area contributed by atoms with Crippen molar-refractivity contribution in [2.75, 3.05) is 19.8 Å². The Kier molecular flexibility index (Phi) is 6.97. The molecule has 0 aromatic carbocycles. The van der Waals surface area contributed by atoms with E-state index in [4.69, 9.17) is 4.84 Å². The topological polar surface area (TPSA) is 157 Å². The van der Waals surface area contributed by atoms with Gasteiger partial charge >= 0.3 is 5.97 Å². The van der Waals surface area contributed by atoms with Crippen molar-refractivity contribution in [3.8, 4) is 0 Å². The number of hydrogen-bond donors (Lipinski definition) is 4. The highest BCUT2D eigenvalue weighted by Gasteiger charge is 2.68. The van der Waals surface area contributed by atoms with Crippen molar-refractivity contribution in [3.05, 3.63) is 11.6 Å². The van der Waals surface area contributed by atoms with Crippen LogP contribution in [0.15, 0.2) is 16.8 Å². The third kappa shape index (κ3) is 4.02. The summed E-state index contributed by atoms with van der Waals surface area (Å²) in [4.78, 5) is 43.1. The standard InChI is InChI=1S/C28H40N2O8/c1-26-9-7-17(29-38-15-23(34)30-11-3-4-20(30)25(35)36)12-16(26)5-6-18-19-8-10-28(37,22(33)14-31)27(19,2)13-21(32)24(18)26/h12,18-21,24,31-32,37H,3-11,13-15H2,1-2H3,(H,35,36)/b29-17-/t18-,19-,20-,21-,24-,26+,27+,28+/m1/s1. The molecule has 1 amide bonds. The molecule has 10 nitrogen and oxygen atoms in total. The number of carbonyl (C=O) groups excluding carboxylic acids is 2. The number of ketones is 1. The number of oxime groups is 1. The SMILES string of the molecule is C[C@]12CC/C(=N/OCC(=O)N3CCC[C@@H]3C(=O)O)C=C1CC[C@H]1[C@@H]2[C@H](O)C[C@@]2(C)[C@@H]1CC[C@]2(O)C(=O)CO. The second-order valence-electron chi connectivity index (χ2n) is 12.5. The van der Waals surface area contributed by atoms with Gasteiger partial charge in [0.25, 0.3) is 5.91 Å². The predicted octanol–water partition coefficient (Wildman–Crippen LogP) is 1.66. The first-order chi connectivity index (χ1) is 18.0. The second-order valence-corrected chi connectivity index (χ2v) is 12.5. The number of amides is 1. The summed E-state index contributed by atoms with van der Waals surface area (Å²) in [5, 5.41) is 45.9. The Morgan fingerprint density at radius 2 is 1.92 bits per heavy atom. The Morgan fingerprint density at radius 3 is 2.63 bits per heavy atom. The van der Waals surface area contributed by atoms with Crippen LogP contribution in [0.25, 0.3) is 0 Å². The third-order valence-electron chi connectivity index (χ3n) is 10.9. The van der Waals surface area contributed by atoms with Crippen molar-refractivity contribution >= 4 is 23.4 Å². The van der Waals surface area contributed by atoms with E-state index in [1.54, 1.807) is 0 Å². The molecular weight excluding hydrogens is 492 g/mol. The summed E-state index contributed by atoms with van der Waals surface area (Å²) in [5.41, 5.74) is -0.673. The van der Waals surface area contributed by atoms with Crippen molar-refractivity contribution in [1.29, 1.82) is 0 Å². The molecule has 8 atom stereocenters. The highest BCUT2D eigenvalue weighted by atomic mass is 16.6. The van der Waals surface area contributed by atoms with Crippen molar-refractivity contribution in [1.82, 2.24) is 4.90 Å². The van der Waals surface area contributed by atoms with Gasteiger partial charge in [-0.15, -0.1) is 0 Å². The molecule has 4 N–H and O–H groups in total. The molecule has 1 saturated heterocycles. The van der Waals surface area contributed by atoms with Crippen molar-refractivity contribution in [3.63, 3.8) is 0 Å². The Balaban J connectivity index is 1.29. The lowest BCUT2D eigenvalue weighted by molar-refractivity contribution is -0.181. The van der Waals surface area contributed by atoms with Gasteiger partial charge in [-0.2, -0.15) is 0 Å². The zero-order valence-electron chi connectivity index (χ0n) is 22.3. The molecule has 0 unspecified atom stereocenters. The van der Waals surface area contributed by atoms with Gasteiger partial charge in [0, 0.05) is 12.0 Å². The molecular formula is C28H40N2O8. The van der Waals surface area contributed by atoms with Crippen LogP contribution in [-0.4, -0.2) is 86.2 Å². The number of carboxylic acids is 1. The van der Waals surface area contributed by atoms with Crippen LogP contribution in [0.2, 0.25) is 0 Å².